The third kappa shape index (κ3) is 7.74. The first kappa shape index (κ1) is 25.6. The first-order chi connectivity index (χ1) is 14.7. The monoisotopic (exact) mass is 480 g/mol. The highest BCUT2D eigenvalue weighted by molar-refractivity contribution is 7.99. The molecule has 168 valence electrons. The summed E-state index contributed by atoms with van der Waals surface area (Å²) < 4.78 is 0. The predicted octanol–water partition coefficient (Wildman–Crippen LogP) is 5.87. The van der Waals surface area contributed by atoms with Crippen LogP contribution in [0.5, 0.6) is 0 Å². The summed E-state index contributed by atoms with van der Waals surface area (Å²) in [7, 11) is 0. The zero-order chi connectivity index (χ0) is 23.0. The van der Waals surface area contributed by atoms with Crippen molar-refractivity contribution in [1.82, 2.24) is 10.2 Å². The van der Waals surface area contributed by atoms with Gasteiger partial charge in [-0.05, 0) is 44.9 Å². The molecule has 1 N–H and O–H groups in total. The molecule has 31 heavy (non-hydrogen) atoms. The van der Waals surface area contributed by atoms with Gasteiger partial charge in [-0.1, -0.05) is 66.0 Å². The Labute approximate surface area is 199 Å². The second-order valence-electron chi connectivity index (χ2n) is 7.69. The molecule has 0 fully saturated rings. The molecule has 4 nitrogen and oxygen atoms in total. The molecular formula is C24H30Cl2N2O2S. The minimum Gasteiger partial charge on any atom is -0.352 e. The first-order valence-electron chi connectivity index (χ1n) is 10.4. The average Bonchev–Trinajstić information content (AvgIpc) is 2.74. The minimum absolute atomic E-state index is 0.0340. The SMILES string of the molecule is CC[C@H](C)NC(=O)[C@H](C)N(Cc1c(Cl)cccc1Cl)C(=O)CSCc1ccc(C)cc1. The molecule has 7 heteroatoms. The highest BCUT2D eigenvalue weighted by Crippen LogP contribution is 2.27. The number of nitrogens with zero attached hydrogens (tertiary/aromatic N) is 1. The van der Waals surface area contributed by atoms with E-state index in [9.17, 15) is 9.59 Å². The number of carbonyl (C=O) groups is 2. The first-order valence-corrected chi connectivity index (χ1v) is 12.3. The van der Waals surface area contributed by atoms with Gasteiger partial charge in [0.05, 0.1) is 5.75 Å². The van der Waals surface area contributed by atoms with Crippen molar-refractivity contribution in [3.05, 3.63) is 69.2 Å². The topological polar surface area (TPSA) is 49.4 Å². The van der Waals surface area contributed by atoms with Gasteiger partial charge < -0.3 is 10.2 Å². The van der Waals surface area contributed by atoms with Crippen molar-refractivity contribution in [2.24, 2.45) is 0 Å². The molecule has 0 spiro atoms. The van der Waals surface area contributed by atoms with Crippen molar-refractivity contribution in [3.8, 4) is 0 Å². The van der Waals surface area contributed by atoms with Gasteiger partial charge >= 0.3 is 0 Å². The number of carbonyl (C=O) groups excluding carboxylic acids is 2. The molecule has 0 aliphatic heterocycles. The summed E-state index contributed by atoms with van der Waals surface area (Å²) in [6.45, 7) is 7.91. The number of nitrogens with one attached hydrogen (secondary N) is 1. The van der Waals surface area contributed by atoms with Crippen LogP contribution in [0.15, 0.2) is 42.5 Å². The molecule has 2 atom stereocenters. The van der Waals surface area contributed by atoms with E-state index in [0.29, 0.717) is 15.6 Å². The fourth-order valence-electron chi connectivity index (χ4n) is 2.93. The maximum absolute atomic E-state index is 13.2. The van der Waals surface area contributed by atoms with Crippen molar-refractivity contribution in [1.29, 1.82) is 0 Å². The molecule has 0 saturated carbocycles. The number of amides is 2. The Hall–Kier alpha value is -1.69. The van der Waals surface area contributed by atoms with Crippen LogP contribution in [0.2, 0.25) is 10.0 Å². The van der Waals surface area contributed by atoms with Gasteiger partial charge in [0.15, 0.2) is 0 Å². The predicted molar refractivity (Wildman–Crippen MR) is 132 cm³/mol. The number of halogens is 2. The number of benzene rings is 2. The Bertz CT molecular complexity index is 869. The van der Waals surface area contributed by atoms with E-state index in [2.05, 4.69) is 29.6 Å². The van der Waals surface area contributed by atoms with Crippen LogP contribution in [0, 0.1) is 6.92 Å². The molecule has 0 unspecified atom stereocenters. The smallest absolute Gasteiger partial charge is 0.242 e. The van der Waals surface area contributed by atoms with Gasteiger partial charge in [-0.2, -0.15) is 0 Å². The molecule has 0 saturated heterocycles. The quantitative estimate of drug-likeness (QED) is 0.462. The van der Waals surface area contributed by atoms with E-state index in [1.807, 2.05) is 20.8 Å². The van der Waals surface area contributed by atoms with Crippen LogP contribution in [-0.4, -0.2) is 34.6 Å². The highest BCUT2D eigenvalue weighted by atomic mass is 35.5. The number of hydrogen-bond donors (Lipinski definition) is 1. The Kier molecular flexibility index (Phi) is 10.2. The van der Waals surface area contributed by atoms with Crippen LogP contribution in [0.25, 0.3) is 0 Å². The van der Waals surface area contributed by atoms with Crippen LogP contribution in [0.4, 0.5) is 0 Å². The average molecular weight is 481 g/mol. The molecule has 0 radical (unpaired) electrons. The molecule has 2 rings (SSSR count). The van der Waals surface area contributed by atoms with E-state index >= 15 is 0 Å². The maximum Gasteiger partial charge on any atom is 0.242 e. The van der Waals surface area contributed by atoms with E-state index in [1.165, 1.54) is 17.3 Å². The van der Waals surface area contributed by atoms with Gasteiger partial charge in [0, 0.05) is 33.9 Å². The normalized spacial score (nSPS) is 12.8. The molecule has 0 aliphatic rings. The number of aryl methyl sites for hydroxylation is 1. The molecule has 0 bridgehead atoms. The van der Waals surface area contributed by atoms with Crippen molar-refractivity contribution in [2.45, 2.75) is 58.5 Å². The summed E-state index contributed by atoms with van der Waals surface area (Å²) in [6, 6.07) is 12.9. The van der Waals surface area contributed by atoms with Crippen molar-refractivity contribution in [2.75, 3.05) is 5.75 Å². The summed E-state index contributed by atoms with van der Waals surface area (Å²) in [5.74, 6) is 0.672. The molecule has 2 aromatic carbocycles. The Balaban J connectivity index is 2.14. The van der Waals surface area contributed by atoms with Crippen molar-refractivity contribution in [3.63, 3.8) is 0 Å². The van der Waals surface area contributed by atoms with Gasteiger partial charge in [-0.25, -0.2) is 0 Å². The van der Waals surface area contributed by atoms with E-state index in [-0.39, 0.29) is 30.2 Å². The molecule has 2 aromatic rings. The van der Waals surface area contributed by atoms with E-state index in [4.69, 9.17) is 23.2 Å². The Morgan fingerprint density at radius 1 is 1.06 bits per heavy atom. The fourth-order valence-corrected chi connectivity index (χ4v) is 4.31. The number of thioether (sulfide) groups is 1. The van der Waals surface area contributed by atoms with Crippen LogP contribution in [-0.2, 0) is 21.9 Å². The Morgan fingerprint density at radius 3 is 2.26 bits per heavy atom. The standard InChI is InChI=1S/C24H30Cl2N2O2S/c1-5-17(3)27-24(30)18(4)28(13-20-21(25)7-6-8-22(20)26)23(29)15-31-14-19-11-9-16(2)10-12-19/h6-12,17-18H,5,13-15H2,1-4H3,(H,27,30)/t17-,18-/m0/s1. The molecule has 2 amide bonds. The summed E-state index contributed by atoms with van der Waals surface area (Å²) in [5.41, 5.74) is 3.01. The Morgan fingerprint density at radius 2 is 1.68 bits per heavy atom. The molecule has 0 aliphatic carbocycles. The maximum atomic E-state index is 13.2. The van der Waals surface area contributed by atoms with Gasteiger partial charge in [0.2, 0.25) is 11.8 Å². The van der Waals surface area contributed by atoms with Crippen molar-refractivity contribution < 1.29 is 9.59 Å². The lowest BCUT2D eigenvalue weighted by molar-refractivity contribution is -0.138. The third-order valence-corrected chi connectivity index (χ3v) is 6.87. The summed E-state index contributed by atoms with van der Waals surface area (Å²) >= 11 is 14.2. The lowest BCUT2D eigenvalue weighted by Crippen LogP contribution is -2.50. The van der Waals surface area contributed by atoms with E-state index in [0.717, 1.165) is 17.7 Å². The molecule has 0 aromatic heterocycles. The second-order valence-corrected chi connectivity index (χ2v) is 9.49. The lowest BCUT2D eigenvalue weighted by Gasteiger charge is -2.30. The summed E-state index contributed by atoms with van der Waals surface area (Å²) in [4.78, 5) is 27.5. The fraction of sp³-hybridized carbons (Fsp3) is 0.417. The lowest BCUT2D eigenvalue weighted by atomic mass is 10.1. The number of hydrogen-bond acceptors (Lipinski definition) is 3. The molecule has 0 heterocycles. The van der Waals surface area contributed by atoms with Gasteiger partial charge in [0.1, 0.15) is 6.04 Å². The highest BCUT2D eigenvalue weighted by Gasteiger charge is 2.27. The van der Waals surface area contributed by atoms with Crippen molar-refractivity contribution >= 4 is 46.8 Å². The summed E-state index contributed by atoms with van der Waals surface area (Å²) in [5, 5.41) is 3.92. The zero-order valence-electron chi connectivity index (χ0n) is 18.5. The number of rotatable bonds is 10. The van der Waals surface area contributed by atoms with Crippen LogP contribution < -0.4 is 5.32 Å². The van der Waals surface area contributed by atoms with E-state index in [1.54, 1.807) is 30.0 Å². The van der Waals surface area contributed by atoms with Gasteiger partial charge in [-0.3, -0.25) is 9.59 Å². The van der Waals surface area contributed by atoms with E-state index < -0.39 is 6.04 Å². The van der Waals surface area contributed by atoms with Gasteiger partial charge in [0.25, 0.3) is 0 Å². The van der Waals surface area contributed by atoms with Crippen LogP contribution >= 0.6 is 35.0 Å². The molecular weight excluding hydrogens is 451 g/mol. The third-order valence-electron chi connectivity index (χ3n) is 5.17. The van der Waals surface area contributed by atoms with Crippen LogP contribution in [0.1, 0.15) is 43.9 Å². The van der Waals surface area contributed by atoms with Gasteiger partial charge in [-0.15, -0.1) is 11.8 Å². The van der Waals surface area contributed by atoms with Crippen LogP contribution in [0.3, 0.4) is 0 Å². The zero-order valence-corrected chi connectivity index (χ0v) is 20.8. The summed E-state index contributed by atoms with van der Waals surface area (Å²) in [6.07, 6.45) is 0.815. The largest absolute Gasteiger partial charge is 0.352 e. The second kappa shape index (κ2) is 12.4. The minimum atomic E-state index is -0.645.